The summed E-state index contributed by atoms with van der Waals surface area (Å²) in [7, 11) is 1.40. The predicted octanol–water partition coefficient (Wildman–Crippen LogP) is 5.23. The SMILES string of the molecule is COC(=O)CCCc1c(-c2ccc(F)cc2)[nH]c2ccc(Br)cc12. The minimum absolute atomic E-state index is 0.209. The van der Waals surface area contributed by atoms with E-state index in [1.54, 1.807) is 12.1 Å². The molecular weight excluding hydrogens is 373 g/mol. The second-order valence-electron chi connectivity index (χ2n) is 5.61. The number of fused-ring (bicyclic) bond motifs is 1. The summed E-state index contributed by atoms with van der Waals surface area (Å²) in [6, 6.07) is 12.5. The molecule has 0 bridgehead atoms. The number of carbonyl (C=O) groups excluding carboxylic acids is 1. The van der Waals surface area contributed by atoms with Crippen molar-refractivity contribution >= 4 is 32.8 Å². The van der Waals surface area contributed by atoms with Gasteiger partial charge in [-0.25, -0.2) is 4.39 Å². The number of aryl methyl sites for hydroxylation is 1. The van der Waals surface area contributed by atoms with Crippen molar-refractivity contribution < 1.29 is 13.9 Å². The molecule has 0 atom stereocenters. The van der Waals surface area contributed by atoms with E-state index in [0.29, 0.717) is 12.8 Å². The van der Waals surface area contributed by atoms with Gasteiger partial charge >= 0.3 is 5.97 Å². The Labute approximate surface area is 148 Å². The van der Waals surface area contributed by atoms with Crippen molar-refractivity contribution in [2.24, 2.45) is 0 Å². The Kier molecular flexibility index (Phi) is 5.00. The average molecular weight is 390 g/mol. The van der Waals surface area contributed by atoms with Crippen LogP contribution in [0.5, 0.6) is 0 Å². The Bertz CT molecular complexity index is 871. The molecule has 0 aliphatic rings. The van der Waals surface area contributed by atoms with Crippen molar-refractivity contribution in [2.45, 2.75) is 19.3 Å². The van der Waals surface area contributed by atoms with Gasteiger partial charge in [0.25, 0.3) is 0 Å². The van der Waals surface area contributed by atoms with Gasteiger partial charge in [0.2, 0.25) is 0 Å². The maximum atomic E-state index is 13.2. The molecule has 0 spiro atoms. The van der Waals surface area contributed by atoms with Crippen LogP contribution in [0.3, 0.4) is 0 Å². The molecule has 3 aromatic rings. The van der Waals surface area contributed by atoms with E-state index in [1.165, 1.54) is 19.2 Å². The van der Waals surface area contributed by atoms with Crippen LogP contribution in [0, 0.1) is 5.82 Å². The molecule has 0 fully saturated rings. The smallest absolute Gasteiger partial charge is 0.305 e. The first-order valence-electron chi connectivity index (χ1n) is 7.71. The number of esters is 1. The van der Waals surface area contributed by atoms with Gasteiger partial charge in [-0.05, 0) is 66.4 Å². The zero-order chi connectivity index (χ0) is 17.1. The lowest BCUT2D eigenvalue weighted by Crippen LogP contribution is -2.00. The number of H-pyrrole nitrogens is 1. The molecular formula is C19H17BrFNO2. The Balaban J connectivity index is 2.01. The van der Waals surface area contributed by atoms with Crippen molar-refractivity contribution in [2.75, 3.05) is 7.11 Å². The first kappa shape index (κ1) is 16.7. The van der Waals surface area contributed by atoms with Gasteiger partial charge in [0.05, 0.1) is 7.11 Å². The number of benzene rings is 2. The van der Waals surface area contributed by atoms with E-state index >= 15 is 0 Å². The van der Waals surface area contributed by atoms with Crippen LogP contribution in [0.4, 0.5) is 4.39 Å². The standard InChI is InChI=1S/C19H17BrFNO2/c1-24-18(23)4-2-3-15-16-11-13(20)7-10-17(16)22-19(15)12-5-8-14(21)9-6-12/h5-11,22H,2-4H2,1H3. The van der Waals surface area contributed by atoms with E-state index in [1.807, 2.05) is 12.1 Å². The van der Waals surface area contributed by atoms with Crippen molar-refractivity contribution in [3.63, 3.8) is 0 Å². The molecule has 0 aliphatic carbocycles. The van der Waals surface area contributed by atoms with Crippen LogP contribution in [0.15, 0.2) is 46.9 Å². The van der Waals surface area contributed by atoms with Gasteiger partial charge in [0.15, 0.2) is 0 Å². The van der Waals surface area contributed by atoms with E-state index < -0.39 is 0 Å². The van der Waals surface area contributed by atoms with Gasteiger partial charge in [-0.15, -0.1) is 0 Å². The first-order chi connectivity index (χ1) is 11.6. The Morgan fingerprint density at radius 3 is 2.67 bits per heavy atom. The topological polar surface area (TPSA) is 42.1 Å². The number of aromatic nitrogens is 1. The molecule has 0 saturated heterocycles. The zero-order valence-corrected chi connectivity index (χ0v) is 14.8. The van der Waals surface area contributed by atoms with E-state index in [4.69, 9.17) is 4.74 Å². The zero-order valence-electron chi connectivity index (χ0n) is 13.2. The van der Waals surface area contributed by atoms with Crippen LogP contribution in [-0.4, -0.2) is 18.1 Å². The highest BCUT2D eigenvalue weighted by molar-refractivity contribution is 9.10. The molecule has 2 aromatic carbocycles. The summed E-state index contributed by atoms with van der Waals surface area (Å²) in [4.78, 5) is 14.8. The number of rotatable bonds is 5. The molecule has 0 aliphatic heterocycles. The third kappa shape index (κ3) is 3.51. The number of methoxy groups -OCH3 is 1. The number of hydrogen-bond donors (Lipinski definition) is 1. The summed E-state index contributed by atoms with van der Waals surface area (Å²) in [5, 5.41) is 1.11. The number of carbonyl (C=O) groups is 1. The average Bonchev–Trinajstić information content (AvgIpc) is 2.93. The molecule has 1 N–H and O–H groups in total. The lowest BCUT2D eigenvalue weighted by Gasteiger charge is -2.06. The highest BCUT2D eigenvalue weighted by atomic mass is 79.9. The fraction of sp³-hybridized carbons (Fsp3) is 0.211. The monoisotopic (exact) mass is 389 g/mol. The lowest BCUT2D eigenvalue weighted by molar-refractivity contribution is -0.140. The minimum atomic E-state index is -0.259. The number of aromatic amines is 1. The number of ether oxygens (including phenoxy) is 1. The number of hydrogen-bond acceptors (Lipinski definition) is 2. The first-order valence-corrected chi connectivity index (χ1v) is 8.50. The van der Waals surface area contributed by atoms with E-state index in [2.05, 4.69) is 27.0 Å². The van der Waals surface area contributed by atoms with Gasteiger partial charge in [-0.1, -0.05) is 15.9 Å². The quantitative estimate of drug-likeness (QED) is 0.606. The molecule has 0 saturated carbocycles. The Morgan fingerprint density at radius 2 is 1.96 bits per heavy atom. The van der Waals surface area contributed by atoms with Crippen LogP contribution >= 0.6 is 15.9 Å². The van der Waals surface area contributed by atoms with Gasteiger partial charge in [-0.3, -0.25) is 4.79 Å². The van der Waals surface area contributed by atoms with Gasteiger partial charge in [0.1, 0.15) is 5.82 Å². The lowest BCUT2D eigenvalue weighted by atomic mass is 10.0. The summed E-state index contributed by atoms with van der Waals surface area (Å²) in [6.07, 6.45) is 1.80. The summed E-state index contributed by atoms with van der Waals surface area (Å²) in [6.45, 7) is 0. The highest BCUT2D eigenvalue weighted by Crippen LogP contribution is 2.33. The second kappa shape index (κ2) is 7.18. The molecule has 3 nitrogen and oxygen atoms in total. The third-order valence-corrected chi connectivity index (χ3v) is 4.53. The van der Waals surface area contributed by atoms with Crippen LogP contribution in [0.2, 0.25) is 0 Å². The summed E-state index contributed by atoms with van der Waals surface area (Å²) < 4.78 is 18.9. The predicted molar refractivity (Wildman–Crippen MR) is 96.3 cm³/mol. The van der Waals surface area contributed by atoms with Gasteiger partial charge in [-0.2, -0.15) is 0 Å². The summed E-state index contributed by atoms with van der Waals surface area (Å²) in [5.41, 5.74) is 4.04. The maximum Gasteiger partial charge on any atom is 0.305 e. The Hall–Kier alpha value is -2.14. The van der Waals surface area contributed by atoms with Crippen molar-refractivity contribution in [1.29, 1.82) is 0 Å². The molecule has 0 amide bonds. The fourth-order valence-electron chi connectivity index (χ4n) is 2.85. The van der Waals surface area contributed by atoms with E-state index in [9.17, 15) is 9.18 Å². The number of nitrogens with one attached hydrogen (secondary N) is 1. The fourth-order valence-corrected chi connectivity index (χ4v) is 3.22. The molecule has 1 heterocycles. The van der Waals surface area contributed by atoms with Crippen LogP contribution in [-0.2, 0) is 16.0 Å². The third-order valence-electron chi connectivity index (χ3n) is 4.04. The molecule has 1 aromatic heterocycles. The second-order valence-corrected chi connectivity index (χ2v) is 6.52. The van der Waals surface area contributed by atoms with Crippen LogP contribution in [0.1, 0.15) is 18.4 Å². The largest absolute Gasteiger partial charge is 0.469 e. The molecule has 0 radical (unpaired) electrons. The molecule has 0 unspecified atom stereocenters. The summed E-state index contributed by atoms with van der Waals surface area (Å²) >= 11 is 3.51. The molecule has 124 valence electrons. The van der Waals surface area contributed by atoms with Crippen LogP contribution < -0.4 is 0 Å². The molecule has 5 heteroatoms. The Morgan fingerprint density at radius 1 is 1.21 bits per heavy atom. The normalized spacial score (nSPS) is 11.0. The molecule has 3 rings (SSSR count). The maximum absolute atomic E-state index is 13.2. The van der Waals surface area contributed by atoms with Crippen molar-refractivity contribution in [3.8, 4) is 11.3 Å². The molecule has 24 heavy (non-hydrogen) atoms. The summed E-state index contributed by atoms with van der Waals surface area (Å²) in [5.74, 6) is -0.468. The highest BCUT2D eigenvalue weighted by Gasteiger charge is 2.14. The van der Waals surface area contributed by atoms with Crippen LogP contribution in [0.25, 0.3) is 22.2 Å². The van der Waals surface area contributed by atoms with Crippen molar-refractivity contribution in [3.05, 3.63) is 58.3 Å². The van der Waals surface area contributed by atoms with E-state index in [-0.39, 0.29) is 11.8 Å². The van der Waals surface area contributed by atoms with Crippen molar-refractivity contribution in [1.82, 2.24) is 4.98 Å². The van der Waals surface area contributed by atoms with E-state index in [0.717, 1.165) is 38.6 Å². The minimum Gasteiger partial charge on any atom is -0.469 e. The number of halogens is 2. The van der Waals surface area contributed by atoms with Gasteiger partial charge < -0.3 is 9.72 Å². The van der Waals surface area contributed by atoms with Gasteiger partial charge in [0, 0.05) is 27.5 Å².